The molecule has 1 radical (unpaired) electrons. The minimum absolute atomic E-state index is 0. The summed E-state index contributed by atoms with van der Waals surface area (Å²) in [6.45, 7) is 1.67. The molecule has 0 fully saturated rings. The SMILES string of the molecule is Cc1[c-]c(O)[c-]c(O)[c-]1.[Fe+3]. The summed E-state index contributed by atoms with van der Waals surface area (Å²) < 4.78 is 0. The van der Waals surface area contributed by atoms with Crippen molar-refractivity contribution in [2.45, 2.75) is 6.92 Å². The van der Waals surface area contributed by atoms with E-state index in [0.29, 0.717) is 5.56 Å². The Morgan fingerprint density at radius 1 is 1.00 bits per heavy atom. The first-order chi connectivity index (χ1) is 4.18. The van der Waals surface area contributed by atoms with Gasteiger partial charge in [0.1, 0.15) is 0 Å². The molecular formula is C7H5FeO2. The van der Waals surface area contributed by atoms with Crippen LogP contribution in [-0.2, 0) is 17.1 Å². The predicted octanol–water partition coefficient (Wildman–Crippen LogP) is 0.804. The maximum atomic E-state index is 8.70. The van der Waals surface area contributed by atoms with Gasteiger partial charge in [0.15, 0.2) is 0 Å². The minimum Gasteiger partial charge on any atom is -0.580 e. The van der Waals surface area contributed by atoms with Gasteiger partial charge >= 0.3 is 17.1 Å². The van der Waals surface area contributed by atoms with Crippen LogP contribution in [0.25, 0.3) is 0 Å². The summed E-state index contributed by atoms with van der Waals surface area (Å²) in [5.74, 6) is -0.354. The molecule has 0 heterocycles. The minimum atomic E-state index is -0.177. The molecule has 0 saturated heterocycles. The van der Waals surface area contributed by atoms with E-state index in [2.05, 4.69) is 18.2 Å². The predicted molar refractivity (Wildman–Crippen MR) is 31.0 cm³/mol. The summed E-state index contributed by atoms with van der Waals surface area (Å²) >= 11 is 0. The van der Waals surface area contributed by atoms with Crippen LogP contribution < -0.4 is 0 Å². The van der Waals surface area contributed by atoms with Gasteiger partial charge in [-0.3, -0.25) is 0 Å². The molecule has 0 amide bonds. The number of aromatic hydroxyl groups is 2. The van der Waals surface area contributed by atoms with Crippen LogP contribution in [0.1, 0.15) is 5.56 Å². The smallest absolute Gasteiger partial charge is 0.580 e. The molecule has 2 N–H and O–H groups in total. The molecule has 3 heteroatoms. The van der Waals surface area contributed by atoms with Crippen LogP contribution in [0.5, 0.6) is 11.5 Å². The average Bonchev–Trinajstić information content (AvgIpc) is 1.59. The quantitative estimate of drug-likeness (QED) is 0.454. The van der Waals surface area contributed by atoms with Crippen molar-refractivity contribution < 1.29 is 27.3 Å². The summed E-state index contributed by atoms with van der Waals surface area (Å²) in [6, 6.07) is 7.20. The van der Waals surface area contributed by atoms with Gasteiger partial charge in [-0.1, -0.05) is 0 Å². The van der Waals surface area contributed by atoms with Crippen molar-refractivity contribution in [1.29, 1.82) is 0 Å². The monoisotopic (exact) mass is 177 g/mol. The molecule has 10 heavy (non-hydrogen) atoms. The summed E-state index contributed by atoms with van der Waals surface area (Å²) in [4.78, 5) is 0. The summed E-state index contributed by atoms with van der Waals surface area (Å²) in [5.41, 5.74) is 0.573. The third kappa shape index (κ3) is 2.29. The largest absolute Gasteiger partial charge is 3.00 e. The number of hydrogen-bond donors (Lipinski definition) is 2. The Morgan fingerprint density at radius 3 is 1.70 bits per heavy atom. The summed E-state index contributed by atoms with van der Waals surface area (Å²) in [6.07, 6.45) is 0. The molecule has 0 aliphatic carbocycles. The van der Waals surface area contributed by atoms with Crippen LogP contribution >= 0.6 is 0 Å². The van der Waals surface area contributed by atoms with Gasteiger partial charge in [0.25, 0.3) is 0 Å². The summed E-state index contributed by atoms with van der Waals surface area (Å²) in [5, 5.41) is 17.4. The zero-order chi connectivity index (χ0) is 6.85. The molecule has 0 unspecified atom stereocenters. The topological polar surface area (TPSA) is 40.5 Å². The van der Waals surface area contributed by atoms with Gasteiger partial charge in [-0.2, -0.15) is 0 Å². The van der Waals surface area contributed by atoms with Crippen molar-refractivity contribution in [1.82, 2.24) is 0 Å². The third-order valence-corrected chi connectivity index (χ3v) is 0.849. The average molecular weight is 177 g/mol. The van der Waals surface area contributed by atoms with Crippen molar-refractivity contribution in [3.63, 3.8) is 0 Å². The first-order valence-electron chi connectivity index (χ1n) is 2.45. The van der Waals surface area contributed by atoms with Gasteiger partial charge in [0, 0.05) is 0 Å². The molecular weight excluding hydrogens is 172 g/mol. The van der Waals surface area contributed by atoms with Gasteiger partial charge in [0.05, 0.1) is 0 Å². The van der Waals surface area contributed by atoms with Crippen LogP contribution in [0.4, 0.5) is 0 Å². The van der Waals surface area contributed by atoms with E-state index in [1.807, 2.05) is 0 Å². The first kappa shape index (κ1) is 9.34. The van der Waals surface area contributed by atoms with E-state index < -0.39 is 0 Å². The van der Waals surface area contributed by atoms with Crippen LogP contribution in [0, 0.1) is 25.1 Å². The van der Waals surface area contributed by atoms with E-state index in [0.717, 1.165) is 0 Å². The number of rotatable bonds is 0. The van der Waals surface area contributed by atoms with E-state index >= 15 is 0 Å². The Kier molecular flexibility index (Phi) is 3.26. The molecule has 0 aliphatic heterocycles. The number of benzene rings is 1. The fraction of sp³-hybridized carbons (Fsp3) is 0.143. The summed E-state index contributed by atoms with van der Waals surface area (Å²) in [7, 11) is 0. The van der Waals surface area contributed by atoms with Gasteiger partial charge in [0.2, 0.25) is 0 Å². The normalized spacial score (nSPS) is 8.50. The molecule has 2 nitrogen and oxygen atoms in total. The van der Waals surface area contributed by atoms with E-state index in [1.54, 1.807) is 6.92 Å². The van der Waals surface area contributed by atoms with Gasteiger partial charge in [-0.05, 0) is 0 Å². The number of phenols is 2. The fourth-order valence-electron chi connectivity index (χ4n) is 0.561. The van der Waals surface area contributed by atoms with E-state index in [9.17, 15) is 0 Å². The fourth-order valence-corrected chi connectivity index (χ4v) is 0.561. The van der Waals surface area contributed by atoms with Crippen molar-refractivity contribution in [3.05, 3.63) is 23.8 Å². The van der Waals surface area contributed by atoms with E-state index in [4.69, 9.17) is 10.2 Å². The van der Waals surface area contributed by atoms with Crippen LogP contribution in [0.3, 0.4) is 0 Å². The zero-order valence-electron chi connectivity index (χ0n) is 5.25. The Balaban J connectivity index is 0.000000810. The standard InChI is InChI=1S/C7H5O2.Fe/c1-5-2-6(8)4-7(9)3-5;/h8-9H,1H3;/q-3;+3. The first-order valence-corrected chi connectivity index (χ1v) is 2.45. The van der Waals surface area contributed by atoms with Crippen molar-refractivity contribution in [2.75, 3.05) is 0 Å². The van der Waals surface area contributed by atoms with Crippen molar-refractivity contribution in [2.24, 2.45) is 0 Å². The molecule has 1 rings (SSSR count). The maximum absolute atomic E-state index is 8.70. The zero-order valence-corrected chi connectivity index (χ0v) is 6.35. The van der Waals surface area contributed by atoms with E-state index in [-0.39, 0.29) is 28.6 Å². The molecule has 0 aliphatic rings. The maximum Gasteiger partial charge on any atom is 3.00 e. The second-order valence-corrected chi connectivity index (χ2v) is 1.70. The van der Waals surface area contributed by atoms with Crippen LogP contribution in [-0.4, -0.2) is 10.2 Å². The van der Waals surface area contributed by atoms with Crippen molar-refractivity contribution in [3.8, 4) is 11.5 Å². The molecule has 0 bridgehead atoms. The molecule has 0 aromatic heterocycles. The Morgan fingerprint density at radius 2 is 1.40 bits per heavy atom. The molecule has 1 aromatic rings. The Hall–Kier alpha value is -0.661. The Bertz CT molecular complexity index is 172. The number of hydrogen-bond acceptors (Lipinski definition) is 2. The molecule has 0 spiro atoms. The van der Waals surface area contributed by atoms with E-state index in [1.165, 1.54) is 0 Å². The van der Waals surface area contributed by atoms with Gasteiger partial charge in [-0.25, -0.2) is 11.5 Å². The third-order valence-electron chi connectivity index (χ3n) is 0.849. The van der Waals surface area contributed by atoms with Gasteiger partial charge < -0.3 is 34.0 Å². The molecule has 1 aromatic carbocycles. The number of phenolic OH excluding ortho intramolecular Hbond substituents is 2. The molecule has 0 atom stereocenters. The van der Waals surface area contributed by atoms with Crippen molar-refractivity contribution >= 4 is 0 Å². The van der Waals surface area contributed by atoms with Gasteiger partial charge in [-0.15, -0.1) is 6.92 Å². The Labute approximate surface area is 70.0 Å². The second kappa shape index (κ2) is 3.49. The van der Waals surface area contributed by atoms with Crippen LogP contribution in [0.15, 0.2) is 0 Å². The molecule has 0 saturated carbocycles. The second-order valence-electron chi connectivity index (χ2n) is 1.70. The number of aryl methyl sites for hydroxylation is 1. The van der Waals surface area contributed by atoms with Crippen LogP contribution in [0.2, 0.25) is 0 Å². The molecule has 53 valence electrons.